The molecule has 2 aromatic heterocycles. The zero-order valence-electron chi connectivity index (χ0n) is 16.9. The maximum Gasteiger partial charge on any atom is 0.223 e. The van der Waals surface area contributed by atoms with Crippen molar-refractivity contribution in [1.29, 1.82) is 0 Å². The van der Waals surface area contributed by atoms with Crippen molar-refractivity contribution >= 4 is 17.0 Å². The molecule has 0 saturated heterocycles. The number of aromatic nitrogens is 3. The highest BCUT2D eigenvalue weighted by Gasteiger charge is 2.18. The molecule has 0 N–H and O–H groups in total. The van der Waals surface area contributed by atoms with E-state index in [1.54, 1.807) is 4.90 Å². The predicted octanol–water partition coefficient (Wildman–Crippen LogP) is 4.22. The van der Waals surface area contributed by atoms with Gasteiger partial charge in [-0.2, -0.15) is 5.10 Å². The second-order valence-corrected chi connectivity index (χ2v) is 7.22. The van der Waals surface area contributed by atoms with Crippen LogP contribution < -0.4 is 0 Å². The minimum absolute atomic E-state index is 0.0542. The number of oxazole rings is 1. The van der Waals surface area contributed by atoms with Crippen LogP contribution in [0.4, 0.5) is 0 Å². The number of para-hydroxylation sites is 3. The second kappa shape index (κ2) is 7.91. The highest BCUT2D eigenvalue weighted by molar-refractivity contribution is 5.76. The average molecular weight is 388 g/mol. The van der Waals surface area contributed by atoms with Crippen molar-refractivity contribution in [2.75, 3.05) is 7.05 Å². The van der Waals surface area contributed by atoms with Gasteiger partial charge in [0.25, 0.3) is 0 Å². The van der Waals surface area contributed by atoms with Crippen LogP contribution in [0.3, 0.4) is 0 Å². The lowest BCUT2D eigenvalue weighted by atomic mass is 10.1. The smallest absolute Gasteiger partial charge is 0.223 e. The van der Waals surface area contributed by atoms with Gasteiger partial charge in [-0.25, -0.2) is 9.67 Å². The van der Waals surface area contributed by atoms with E-state index < -0.39 is 0 Å². The molecule has 0 radical (unpaired) electrons. The Hall–Kier alpha value is -3.41. The molecule has 1 amide bonds. The third-order valence-electron chi connectivity index (χ3n) is 5.15. The number of benzene rings is 2. The Balaban J connectivity index is 1.43. The highest BCUT2D eigenvalue weighted by Crippen LogP contribution is 2.20. The maximum atomic E-state index is 12.7. The van der Waals surface area contributed by atoms with Gasteiger partial charge in [-0.1, -0.05) is 30.3 Å². The molecule has 29 heavy (non-hydrogen) atoms. The van der Waals surface area contributed by atoms with E-state index in [2.05, 4.69) is 10.1 Å². The maximum absolute atomic E-state index is 12.7. The Bertz CT molecular complexity index is 1110. The SMILES string of the molecule is Cc1nn(-c2ccccc2)c(C)c1CN(C)C(=O)CCc1nc2ccccc2o1. The van der Waals surface area contributed by atoms with Crippen molar-refractivity contribution in [2.45, 2.75) is 33.2 Å². The van der Waals surface area contributed by atoms with Gasteiger partial charge >= 0.3 is 0 Å². The predicted molar refractivity (Wildman–Crippen MR) is 112 cm³/mol. The lowest BCUT2D eigenvalue weighted by Gasteiger charge is -2.17. The van der Waals surface area contributed by atoms with Crippen molar-refractivity contribution in [3.63, 3.8) is 0 Å². The van der Waals surface area contributed by atoms with E-state index in [9.17, 15) is 4.79 Å². The molecule has 2 aromatic carbocycles. The standard InChI is InChI=1S/C23H24N4O2/c1-16-19(17(2)27(25-16)18-9-5-4-6-10-18)15-26(3)23(28)14-13-22-24-20-11-7-8-12-21(20)29-22/h4-12H,13-15H2,1-3H3. The summed E-state index contributed by atoms with van der Waals surface area (Å²) in [5, 5.41) is 4.66. The average Bonchev–Trinajstić information content (AvgIpc) is 3.28. The van der Waals surface area contributed by atoms with Crippen molar-refractivity contribution in [1.82, 2.24) is 19.7 Å². The monoisotopic (exact) mass is 388 g/mol. The quantitative estimate of drug-likeness (QED) is 0.496. The molecule has 0 aliphatic carbocycles. The van der Waals surface area contributed by atoms with Gasteiger partial charge in [0.05, 0.1) is 11.4 Å². The Labute approximate surface area is 169 Å². The number of amides is 1. The third kappa shape index (κ3) is 3.92. The van der Waals surface area contributed by atoms with Crippen LogP contribution in [-0.2, 0) is 17.8 Å². The number of rotatable bonds is 6. The zero-order chi connectivity index (χ0) is 20.4. The first-order valence-electron chi connectivity index (χ1n) is 9.72. The van der Waals surface area contributed by atoms with Gasteiger partial charge in [-0.15, -0.1) is 0 Å². The van der Waals surface area contributed by atoms with Crippen molar-refractivity contribution < 1.29 is 9.21 Å². The van der Waals surface area contributed by atoms with Gasteiger partial charge in [0, 0.05) is 37.7 Å². The molecule has 2 heterocycles. The van der Waals surface area contributed by atoms with Crippen LogP contribution in [0.1, 0.15) is 29.3 Å². The van der Waals surface area contributed by atoms with E-state index in [1.165, 1.54) is 0 Å². The second-order valence-electron chi connectivity index (χ2n) is 7.22. The van der Waals surface area contributed by atoms with Crippen LogP contribution in [0, 0.1) is 13.8 Å². The topological polar surface area (TPSA) is 64.2 Å². The Kier molecular flexibility index (Phi) is 5.16. The van der Waals surface area contributed by atoms with Crippen LogP contribution >= 0.6 is 0 Å². The molecule has 0 unspecified atom stereocenters. The minimum Gasteiger partial charge on any atom is -0.441 e. The fourth-order valence-electron chi connectivity index (χ4n) is 3.48. The summed E-state index contributed by atoms with van der Waals surface area (Å²) in [5.41, 5.74) is 5.65. The summed E-state index contributed by atoms with van der Waals surface area (Å²) in [5.74, 6) is 0.649. The summed E-state index contributed by atoms with van der Waals surface area (Å²) < 4.78 is 7.64. The number of hydrogen-bond acceptors (Lipinski definition) is 4. The fraction of sp³-hybridized carbons (Fsp3) is 0.261. The van der Waals surface area contributed by atoms with Crippen LogP contribution in [0.25, 0.3) is 16.8 Å². The molecule has 0 saturated carbocycles. The summed E-state index contributed by atoms with van der Waals surface area (Å²) in [4.78, 5) is 18.9. The molecular weight excluding hydrogens is 364 g/mol. The molecule has 0 bridgehead atoms. The summed E-state index contributed by atoms with van der Waals surface area (Å²) in [6, 6.07) is 17.7. The van der Waals surface area contributed by atoms with Crippen molar-refractivity contribution in [3.05, 3.63) is 77.4 Å². The Morgan fingerprint density at radius 3 is 2.55 bits per heavy atom. The van der Waals surface area contributed by atoms with E-state index in [0.29, 0.717) is 25.3 Å². The number of carbonyl (C=O) groups is 1. The molecule has 0 spiro atoms. The van der Waals surface area contributed by atoms with Crippen LogP contribution in [0.2, 0.25) is 0 Å². The molecular formula is C23H24N4O2. The van der Waals surface area contributed by atoms with Gasteiger partial charge in [-0.3, -0.25) is 4.79 Å². The van der Waals surface area contributed by atoms with Crippen LogP contribution in [0.5, 0.6) is 0 Å². The van der Waals surface area contributed by atoms with E-state index in [0.717, 1.165) is 33.7 Å². The highest BCUT2D eigenvalue weighted by atomic mass is 16.3. The number of aryl methyl sites for hydroxylation is 2. The summed E-state index contributed by atoms with van der Waals surface area (Å²) in [6.45, 7) is 4.55. The number of fused-ring (bicyclic) bond motifs is 1. The van der Waals surface area contributed by atoms with E-state index in [4.69, 9.17) is 4.42 Å². The van der Waals surface area contributed by atoms with E-state index in [-0.39, 0.29) is 5.91 Å². The molecule has 6 nitrogen and oxygen atoms in total. The zero-order valence-corrected chi connectivity index (χ0v) is 16.9. The number of nitrogens with zero attached hydrogens (tertiary/aromatic N) is 4. The normalized spacial score (nSPS) is 11.1. The summed E-state index contributed by atoms with van der Waals surface area (Å²) in [7, 11) is 1.83. The van der Waals surface area contributed by atoms with E-state index in [1.807, 2.05) is 80.2 Å². The lowest BCUT2D eigenvalue weighted by molar-refractivity contribution is -0.130. The molecule has 148 valence electrons. The third-order valence-corrected chi connectivity index (χ3v) is 5.15. The summed E-state index contributed by atoms with van der Waals surface area (Å²) >= 11 is 0. The molecule has 6 heteroatoms. The first-order chi connectivity index (χ1) is 14.0. The minimum atomic E-state index is 0.0542. The van der Waals surface area contributed by atoms with Gasteiger partial charge in [0.2, 0.25) is 5.91 Å². The van der Waals surface area contributed by atoms with E-state index >= 15 is 0 Å². The molecule has 0 aliphatic heterocycles. The molecule has 4 rings (SSSR count). The molecule has 0 aliphatic rings. The van der Waals surface area contributed by atoms with Crippen LogP contribution in [0.15, 0.2) is 59.0 Å². The van der Waals surface area contributed by atoms with Crippen molar-refractivity contribution in [2.24, 2.45) is 0 Å². The first-order valence-corrected chi connectivity index (χ1v) is 9.72. The lowest BCUT2D eigenvalue weighted by Crippen LogP contribution is -2.27. The van der Waals surface area contributed by atoms with Gasteiger partial charge in [0.1, 0.15) is 5.52 Å². The Morgan fingerprint density at radius 1 is 1.07 bits per heavy atom. The fourth-order valence-corrected chi connectivity index (χ4v) is 3.48. The first kappa shape index (κ1) is 18.9. The van der Waals surface area contributed by atoms with Crippen LogP contribution in [-0.4, -0.2) is 32.6 Å². The molecule has 4 aromatic rings. The Morgan fingerprint density at radius 2 is 1.79 bits per heavy atom. The van der Waals surface area contributed by atoms with Gasteiger partial charge in [0.15, 0.2) is 11.5 Å². The van der Waals surface area contributed by atoms with Gasteiger partial charge in [-0.05, 0) is 38.1 Å². The van der Waals surface area contributed by atoms with Gasteiger partial charge < -0.3 is 9.32 Å². The van der Waals surface area contributed by atoms with Crippen molar-refractivity contribution in [3.8, 4) is 5.69 Å². The number of hydrogen-bond donors (Lipinski definition) is 0. The number of carbonyl (C=O) groups excluding carboxylic acids is 1. The molecule has 0 fully saturated rings. The molecule has 0 atom stereocenters. The summed E-state index contributed by atoms with van der Waals surface area (Å²) in [6.07, 6.45) is 0.841. The largest absolute Gasteiger partial charge is 0.441 e.